The van der Waals surface area contributed by atoms with E-state index < -0.39 is 0 Å². The lowest BCUT2D eigenvalue weighted by atomic mass is 10.1. The third-order valence-corrected chi connectivity index (χ3v) is 2.61. The van der Waals surface area contributed by atoms with Gasteiger partial charge in [-0.05, 0) is 35.5 Å². The number of para-hydroxylation sites is 1. The molecule has 90 valence electrons. The summed E-state index contributed by atoms with van der Waals surface area (Å²) in [7, 11) is 1.89. The minimum absolute atomic E-state index is 0.660. The highest BCUT2D eigenvalue weighted by atomic mass is 15.5. The molecule has 1 N–H and O–H groups in total. The third-order valence-electron chi connectivity index (χ3n) is 2.61. The van der Waals surface area contributed by atoms with Crippen LogP contribution in [0.3, 0.4) is 0 Å². The zero-order valence-electron chi connectivity index (χ0n) is 10.2. The fraction of sp³-hybridized carbons (Fsp3) is 0.417. The van der Waals surface area contributed by atoms with E-state index in [4.69, 9.17) is 0 Å². The van der Waals surface area contributed by atoms with Crippen LogP contribution in [0.25, 0.3) is 5.69 Å². The maximum Gasteiger partial charge on any atom is 0.170 e. The van der Waals surface area contributed by atoms with E-state index in [1.807, 2.05) is 17.8 Å². The molecule has 0 atom stereocenters. The summed E-state index contributed by atoms with van der Waals surface area (Å²) in [6, 6.07) is 8.25. The molecular weight excluding hydrogens is 214 g/mol. The molecule has 0 saturated carbocycles. The van der Waals surface area contributed by atoms with Crippen molar-refractivity contribution in [2.24, 2.45) is 0 Å². The number of benzene rings is 1. The van der Waals surface area contributed by atoms with Gasteiger partial charge in [-0.2, -0.15) is 4.68 Å². The molecule has 1 heterocycles. The first kappa shape index (κ1) is 11.7. The molecule has 0 saturated heterocycles. The molecule has 1 aromatic carbocycles. The number of tetrazole rings is 1. The Morgan fingerprint density at radius 3 is 2.88 bits per heavy atom. The molecule has 0 unspecified atom stereocenters. The van der Waals surface area contributed by atoms with E-state index in [0.717, 1.165) is 24.4 Å². The molecule has 0 amide bonds. The summed E-state index contributed by atoms with van der Waals surface area (Å²) in [5, 5.41) is 14.9. The SMILES string of the molecule is CCCc1ccccc1-n1nnnc1CNC. The summed E-state index contributed by atoms with van der Waals surface area (Å²) >= 11 is 0. The normalized spacial score (nSPS) is 10.7. The van der Waals surface area contributed by atoms with E-state index in [-0.39, 0.29) is 0 Å². The monoisotopic (exact) mass is 231 g/mol. The van der Waals surface area contributed by atoms with E-state index in [2.05, 4.69) is 46.0 Å². The van der Waals surface area contributed by atoms with Crippen molar-refractivity contribution in [1.82, 2.24) is 25.5 Å². The van der Waals surface area contributed by atoms with Gasteiger partial charge in [-0.15, -0.1) is 5.10 Å². The summed E-state index contributed by atoms with van der Waals surface area (Å²) in [5.74, 6) is 0.830. The van der Waals surface area contributed by atoms with Gasteiger partial charge in [0.2, 0.25) is 0 Å². The zero-order chi connectivity index (χ0) is 12.1. The van der Waals surface area contributed by atoms with Gasteiger partial charge in [0.25, 0.3) is 0 Å². The molecule has 0 spiro atoms. The average Bonchev–Trinajstić information content (AvgIpc) is 2.79. The fourth-order valence-corrected chi connectivity index (χ4v) is 1.86. The van der Waals surface area contributed by atoms with Crippen LogP contribution in [-0.4, -0.2) is 27.3 Å². The number of aryl methyl sites for hydroxylation is 1. The summed E-state index contributed by atoms with van der Waals surface area (Å²) < 4.78 is 1.81. The second kappa shape index (κ2) is 5.54. The topological polar surface area (TPSA) is 55.6 Å². The lowest BCUT2D eigenvalue weighted by Crippen LogP contribution is -2.13. The lowest BCUT2D eigenvalue weighted by molar-refractivity contribution is 0.702. The van der Waals surface area contributed by atoms with Crippen molar-refractivity contribution in [3.8, 4) is 5.69 Å². The molecule has 2 rings (SSSR count). The van der Waals surface area contributed by atoms with Gasteiger partial charge >= 0.3 is 0 Å². The van der Waals surface area contributed by atoms with Crippen LogP contribution in [-0.2, 0) is 13.0 Å². The molecule has 5 heteroatoms. The zero-order valence-corrected chi connectivity index (χ0v) is 10.2. The standard InChI is InChI=1S/C12H17N5/c1-3-6-10-7-4-5-8-11(10)17-12(9-13-2)14-15-16-17/h4-5,7-8,13H,3,6,9H2,1-2H3. The van der Waals surface area contributed by atoms with E-state index in [9.17, 15) is 0 Å². The maximum atomic E-state index is 4.06. The highest BCUT2D eigenvalue weighted by Crippen LogP contribution is 2.16. The highest BCUT2D eigenvalue weighted by molar-refractivity contribution is 5.40. The van der Waals surface area contributed by atoms with Gasteiger partial charge in [0.15, 0.2) is 5.82 Å². The van der Waals surface area contributed by atoms with Crippen LogP contribution in [0.15, 0.2) is 24.3 Å². The molecule has 17 heavy (non-hydrogen) atoms. The fourth-order valence-electron chi connectivity index (χ4n) is 1.86. The van der Waals surface area contributed by atoms with Crippen LogP contribution < -0.4 is 5.32 Å². The third kappa shape index (κ3) is 2.50. The molecule has 1 aromatic heterocycles. The number of hydrogen-bond acceptors (Lipinski definition) is 4. The molecule has 5 nitrogen and oxygen atoms in total. The quantitative estimate of drug-likeness (QED) is 0.843. The Morgan fingerprint density at radius 2 is 2.12 bits per heavy atom. The van der Waals surface area contributed by atoms with Gasteiger partial charge in [0.1, 0.15) is 0 Å². The molecule has 0 aliphatic carbocycles. The molecule has 2 aromatic rings. The van der Waals surface area contributed by atoms with Crippen molar-refractivity contribution in [1.29, 1.82) is 0 Å². The van der Waals surface area contributed by atoms with Crippen molar-refractivity contribution in [2.45, 2.75) is 26.3 Å². The number of nitrogens with one attached hydrogen (secondary N) is 1. The van der Waals surface area contributed by atoms with E-state index in [0.29, 0.717) is 6.54 Å². The van der Waals surface area contributed by atoms with Crippen molar-refractivity contribution >= 4 is 0 Å². The van der Waals surface area contributed by atoms with Crippen molar-refractivity contribution < 1.29 is 0 Å². The van der Waals surface area contributed by atoms with Gasteiger partial charge in [-0.3, -0.25) is 0 Å². The molecule has 0 fully saturated rings. The molecular formula is C12H17N5. The minimum atomic E-state index is 0.660. The van der Waals surface area contributed by atoms with Crippen LogP contribution in [0, 0.1) is 0 Å². The molecule has 0 aliphatic heterocycles. The average molecular weight is 231 g/mol. The number of rotatable bonds is 5. The number of nitrogens with zero attached hydrogens (tertiary/aromatic N) is 4. The Kier molecular flexibility index (Phi) is 3.82. The van der Waals surface area contributed by atoms with E-state index in [1.54, 1.807) is 0 Å². The van der Waals surface area contributed by atoms with E-state index >= 15 is 0 Å². The first-order chi connectivity index (χ1) is 8.36. The van der Waals surface area contributed by atoms with Crippen LogP contribution in [0.5, 0.6) is 0 Å². The second-order valence-electron chi connectivity index (χ2n) is 3.92. The largest absolute Gasteiger partial charge is 0.313 e. The van der Waals surface area contributed by atoms with Crippen molar-refractivity contribution in [2.75, 3.05) is 7.05 Å². The minimum Gasteiger partial charge on any atom is -0.313 e. The van der Waals surface area contributed by atoms with Crippen LogP contribution in [0.4, 0.5) is 0 Å². The molecule has 0 aliphatic rings. The summed E-state index contributed by atoms with van der Waals surface area (Å²) in [5.41, 5.74) is 2.35. The van der Waals surface area contributed by atoms with Crippen LogP contribution >= 0.6 is 0 Å². The van der Waals surface area contributed by atoms with Gasteiger partial charge in [-0.25, -0.2) is 0 Å². The first-order valence-electron chi connectivity index (χ1n) is 5.87. The first-order valence-corrected chi connectivity index (χ1v) is 5.87. The Labute approximate surface area is 101 Å². The Bertz CT molecular complexity index is 477. The molecule has 0 bridgehead atoms. The van der Waals surface area contributed by atoms with Crippen LogP contribution in [0.1, 0.15) is 24.7 Å². The summed E-state index contributed by atoms with van der Waals surface area (Å²) in [6.07, 6.45) is 2.15. The van der Waals surface area contributed by atoms with Gasteiger partial charge in [0.05, 0.1) is 12.2 Å². The Morgan fingerprint density at radius 1 is 1.29 bits per heavy atom. The highest BCUT2D eigenvalue weighted by Gasteiger charge is 2.10. The maximum absolute atomic E-state index is 4.06. The Hall–Kier alpha value is -1.75. The van der Waals surface area contributed by atoms with Crippen molar-refractivity contribution in [3.63, 3.8) is 0 Å². The second-order valence-corrected chi connectivity index (χ2v) is 3.92. The molecule has 0 radical (unpaired) electrons. The number of hydrogen-bond donors (Lipinski definition) is 1. The van der Waals surface area contributed by atoms with E-state index in [1.165, 1.54) is 5.56 Å². The predicted molar refractivity (Wildman–Crippen MR) is 65.9 cm³/mol. The van der Waals surface area contributed by atoms with Crippen LogP contribution in [0.2, 0.25) is 0 Å². The predicted octanol–water partition coefficient (Wildman–Crippen LogP) is 1.33. The summed E-state index contributed by atoms with van der Waals surface area (Å²) in [6.45, 7) is 2.83. The lowest BCUT2D eigenvalue weighted by Gasteiger charge is -2.09. The van der Waals surface area contributed by atoms with Gasteiger partial charge in [0, 0.05) is 0 Å². The smallest absolute Gasteiger partial charge is 0.170 e. The number of aromatic nitrogens is 4. The van der Waals surface area contributed by atoms with Gasteiger partial charge in [-0.1, -0.05) is 31.5 Å². The summed E-state index contributed by atoms with van der Waals surface area (Å²) in [4.78, 5) is 0. The van der Waals surface area contributed by atoms with Crippen molar-refractivity contribution in [3.05, 3.63) is 35.7 Å². The van der Waals surface area contributed by atoms with Gasteiger partial charge < -0.3 is 5.32 Å². The Balaban J connectivity index is 2.41.